The number of benzene rings is 4. The monoisotopic (exact) mass is 712 g/mol. The van der Waals surface area contributed by atoms with Crippen LogP contribution in [0.3, 0.4) is 0 Å². The second-order valence-electron chi connectivity index (χ2n) is 13.1. The average molecular weight is 713 g/mol. The van der Waals surface area contributed by atoms with Gasteiger partial charge in [-0.15, -0.1) is 0 Å². The number of unbranched alkanes of at least 4 members (excludes halogenated alkanes) is 8. The molecule has 0 amide bonds. The molecule has 0 aliphatic heterocycles. The van der Waals surface area contributed by atoms with Crippen LogP contribution < -0.4 is 0 Å². The summed E-state index contributed by atoms with van der Waals surface area (Å²) in [4.78, 5) is 24.6. The second-order valence-corrected chi connectivity index (χ2v) is 13.1. The van der Waals surface area contributed by atoms with Crippen LogP contribution in [-0.4, -0.2) is 45.6 Å². The Hall–Kier alpha value is -4.98. The lowest BCUT2D eigenvalue weighted by atomic mass is 9.88. The van der Waals surface area contributed by atoms with E-state index in [0.717, 1.165) is 60.8 Å². The van der Waals surface area contributed by atoms with Crippen molar-refractivity contribution in [2.45, 2.75) is 103 Å². The van der Waals surface area contributed by atoms with Crippen molar-refractivity contribution in [1.82, 2.24) is 0 Å². The maximum atomic E-state index is 12.3. The molecule has 52 heavy (non-hydrogen) atoms. The minimum atomic E-state index is -0.234. The molecule has 8 heteroatoms. The Labute approximate surface area is 309 Å². The van der Waals surface area contributed by atoms with Crippen LogP contribution in [0, 0.1) is 0 Å². The van der Waals surface area contributed by atoms with Crippen LogP contribution in [0.5, 0.6) is 23.0 Å². The normalized spacial score (nSPS) is 10.8. The van der Waals surface area contributed by atoms with Crippen LogP contribution in [0.2, 0.25) is 0 Å². The molecule has 4 rings (SSSR count). The van der Waals surface area contributed by atoms with Gasteiger partial charge in [0, 0.05) is 11.8 Å². The largest absolute Gasteiger partial charge is 0.508 e. The summed E-state index contributed by atoms with van der Waals surface area (Å²) in [5.41, 5.74) is 3.70. The van der Waals surface area contributed by atoms with Gasteiger partial charge in [0.05, 0.1) is 26.1 Å². The Morgan fingerprint density at radius 3 is 0.962 bits per heavy atom. The highest BCUT2D eigenvalue weighted by Crippen LogP contribution is 2.32. The maximum Gasteiger partial charge on any atom is 0.306 e. The molecule has 0 aromatic heterocycles. The van der Waals surface area contributed by atoms with Gasteiger partial charge in [-0.05, 0) is 83.6 Å². The Bertz CT molecular complexity index is 1470. The molecule has 0 bridgehead atoms. The number of phenolic OH excluding ortho intramolecular Hbond substituents is 4. The lowest BCUT2D eigenvalue weighted by molar-refractivity contribution is -0.145. The number of esters is 2. The number of hydrogen-bond acceptors (Lipinski definition) is 8. The summed E-state index contributed by atoms with van der Waals surface area (Å²) in [5.74, 6) is -0.0638. The molecule has 280 valence electrons. The molecule has 0 aliphatic rings. The predicted molar refractivity (Wildman–Crippen MR) is 205 cm³/mol. The van der Waals surface area contributed by atoms with Gasteiger partial charge in [0.15, 0.2) is 0 Å². The molecule has 0 unspecified atom stereocenters. The van der Waals surface area contributed by atoms with E-state index in [-0.39, 0.29) is 59.6 Å². The lowest BCUT2D eigenvalue weighted by Gasteiger charge is -2.18. The van der Waals surface area contributed by atoms with Gasteiger partial charge in [-0.2, -0.15) is 0 Å². The molecule has 0 saturated heterocycles. The lowest BCUT2D eigenvalue weighted by Crippen LogP contribution is -2.12. The molecule has 4 aromatic rings. The molecule has 0 spiro atoms. The third kappa shape index (κ3) is 15.5. The highest BCUT2D eigenvalue weighted by molar-refractivity contribution is 5.72. The van der Waals surface area contributed by atoms with Crippen LogP contribution in [0.4, 0.5) is 0 Å². The van der Waals surface area contributed by atoms with E-state index in [9.17, 15) is 30.0 Å². The molecular weight excluding hydrogens is 656 g/mol. The minimum Gasteiger partial charge on any atom is -0.508 e. The van der Waals surface area contributed by atoms with E-state index >= 15 is 0 Å². The molecule has 0 heterocycles. The summed E-state index contributed by atoms with van der Waals surface area (Å²) >= 11 is 0. The van der Waals surface area contributed by atoms with Gasteiger partial charge in [-0.3, -0.25) is 9.59 Å². The standard InChI is InChI=1S/C23H30O4.C21H26O4/c1-2-3-4-5-6-7-16-27-23(26)17-22(18-8-12-20(24)13-9-18)19-10-14-21(25)15-11-19;1-2-3-4-5-14-25-21(24)15-20(16-6-10-18(22)11-7-16)17-8-12-19(23)13-9-17/h8-15,22,24-25H,2-7,16-17H2,1H3;6-13,20,22-23H,2-5,14-15H2,1H3. The zero-order chi connectivity index (χ0) is 37.6. The first-order valence-electron chi connectivity index (χ1n) is 18.7. The first-order valence-corrected chi connectivity index (χ1v) is 18.7. The number of phenols is 4. The van der Waals surface area contributed by atoms with Gasteiger partial charge in [0.2, 0.25) is 0 Å². The fraction of sp³-hybridized carbons (Fsp3) is 0.409. The Morgan fingerprint density at radius 1 is 0.423 bits per heavy atom. The van der Waals surface area contributed by atoms with Crippen molar-refractivity contribution >= 4 is 11.9 Å². The molecule has 0 radical (unpaired) electrons. The Kier molecular flexibility index (Phi) is 18.7. The van der Waals surface area contributed by atoms with E-state index in [4.69, 9.17) is 9.47 Å². The van der Waals surface area contributed by atoms with E-state index in [0.29, 0.717) is 13.2 Å². The quantitative estimate of drug-likeness (QED) is 0.0526. The number of carbonyl (C=O) groups excluding carboxylic acids is 2. The van der Waals surface area contributed by atoms with Crippen LogP contribution in [0.15, 0.2) is 97.1 Å². The van der Waals surface area contributed by atoms with E-state index in [1.165, 1.54) is 25.7 Å². The summed E-state index contributed by atoms with van der Waals surface area (Å²) in [6.45, 7) is 5.26. The predicted octanol–water partition coefficient (Wildman–Crippen LogP) is 10.3. The average Bonchev–Trinajstić information content (AvgIpc) is 3.14. The fourth-order valence-corrected chi connectivity index (χ4v) is 5.92. The van der Waals surface area contributed by atoms with E-state index in [2.05, 4.69) is 13.8 Å². The van der Waals surface area contributed by atoms with Crippen molar-refractivity contribution < 1.29 is 39.5 Å². The van der Waals surface area contributed by atoms with Crippen LogP contribution in [0.1, 0.15) is 125 Å². The summed E-state index contributed by atoms with van der Waals surface area (Å²) in [6.07, 6.45) is 11.6. The SMILES string of the molecule is CCCCCCCCOC(=O)CC(c1ccc(O)cc1)c1ccc(O)cc1.CCCCCCOC(=O)CC(c1ccc(O)cc1)c1ccc(O)cc1. The summed E-state index contributed by atoms with van der Waals surface area (Å²) in [7, 11) is 0. The van der Waals surface area contributed by atoms with Gasteiger partial charge in [0.1, 0.15) is 23.0 Å². The summed E-state index contributed by atoms with van der Waals surface area (Å²) in [6, 6.07) is 27.4. The highest BCUT2D eigenvalue weighted by Gasteiger charge is 2.21. The zero-order valence-corrected chi connectivity index (χ0v) is 30.7. The topological polar surface area (TPSA) is 134 Å². The molecule has 8 nitrogen and oxygen atoms in total. The summed E-state index contributed by atoms with van der Waals surface area (Å²) < 4.78 is 10.8. The van der Waals surface area contributed by atoms with Crippen LogP contribution in [-0.2, 0) is 19.1 Å². The van der Waals surface area contributed by atoms with Crippen molar-refractivity contribution in [3.8, 4) is 23.0 Å². The van der Waals surface area contributed by atoms with Gasteiger partial charge < -0.3 is 29.9 Å². The third-order valence-corrected chi connectivity index (χ3v) is 8.95. The van der Waals surface area contributed by atoms with Gasteiger partial charge >= 0.3 is 11.9 Å². The highest BCUT2D eigenvalue weighted by atomic mass is 16.5. The molecule has 0 aliphatic carbocycles. The van der Waals surface area contributed by atoms with Gasteiger partial charge in [-0.1, -0.05) is 114 Å². The third-order valence-electron chi connectivity index (χ3n) is 8.95. The van der Waals surface area contributed by atoms with E-state index in [1.807, 2.05) is 24.3 Å². The molecular formula is C44H56O8. The first kappa shape index (κ1) is 41.4. The van der Waals surface area contributed by atoms with Gasteiger partial charge in [0.25, 0.3) is 0 Å². The minimum absolute atomic E-state index is 0.177. The number of carbonyl (C=O) groups is 2. The molecule has 4 aromatic carbocycles. The van der Waals surface area contributed by atoms with Gasteiger partial charge in [-0.25, -0.2) is 0 Å². The maximum absolute atomic E-state index is 12.3. The summed E-state index contributed by atoms with van der Waals surface area (Å²) in [5, 5.41) is 38.0. The Balaban J connectivity index is 0.000000281. The van der Waals surface area contributed by atoms with Crippen molar-refractivity contribution in [1.29, 1.82) is 0 Å². The van der Waals surface area contributed by atoms with Crippen LogP contribution >= 0.6 is 0 Å². The molecule has 0 saturated carbocycles. The number of aromatic hydroxyl groups is 4. The van der Waals surface area contributed by atoms with Crippen molar-refractivity contribution in [2.75, 3.05) is 13.2 Å². The first-order chi connectivity index (χ1) is 25.2. The van der Waals surface area contributed by atoms with E-state index in [1.54, 1.807) is 72.8 Å². The number of ether oxygens (including phenoxy) is 2. The Morgan fingerprint density at radius 2 is 0.673 bits per heavy atom. The second kappa shape index (κ2) is 23.5. The van der Waals surface area contributed by atoms with Crippen molar-refractivity contribution in [3.63, 3.8) is 0 Å². The van der Waals surface area contributed by atoms with Crippen molar-refractivity contribution in [3.05, 3.63) is 119 Å². The molecule has 0 atom stereocenters. The van der Waals surface area contributed by atoms with E-state index < -0.39 is 0 Å². The molecule has 0 fully saturated rings. The van der Waals surface area contributed by atoms with Crippen molar-refractivity contribution in [2.24, 2.45) is 0 Å². The number of rotatable bonds is 20. The van der Waals surface area contributed by atoms with Crippen LogP contribution in [0.25, 0.3) is 0 Å². The molecule has 4 N–H and O–H groups in total. The zero-order valence-electron chi connectivity index (χ0n) is 30.7. The smallest absolute Gasteiger partial charge is 0.306 e. The fourth-order valence-electron chi connectivity index (χ4n) is 5.92. The number of hydrogen-bond donors (Lipinski definition) is 4.